The first-order chi connectivity index (χ1) is 9.29. The molecule has 0 amide bonds. The summed E-state index contributed by atoms with van der Waals surface area (Å²) < 4.78 is 11.2. The van der Waals surface area contributed by atoms with Crippen LogP contribution in [0.3, 0.4) is 0 Å². The van der Waals surface area contributed by atoms with Crippen LogP contribution in [0.25, 0.3) is 0 Å². The maximum absolute atomic E-state index is 11.1. The van der Waals surface area contributed by atoms with Gasteiger partial charge >= 0.3 is 0 Å². The highest BCUT2D eigenvalue weighted by molar-refractivity contribution is 5.44. The number of methoxy groups -OCH3 is 1. The fourth-order valence-electron chi connectivity index (χ4n) is 3.79. The van der Waals surface area contributed by atoms with Gasteiger partial charge in [0.1, 0.15) is 5.60 Å². The minimum atomic E-state index is -1.25. The molecule has 1 saturated heterocycles. The molecule has 4 nitrogen and oxygen atoms in total. The number of aliphatic hydroxyl groups is 2. The molecule has 0 unspecified atom stereocenters. The van der Waals surface area contributed by atoms with E-state index in [2.05, 4.69) is 13.5 Å². The summed E-state index contributed by atoms with van der Waals surface area (Å²) in [4.78, 5) is 0. The Morgan fingerprint density at radius 3 is 2.85 bits per heavy atom. The van der Waals surface area contributed by atoms with Crippen molar-refractivity contribution in [2.24, 2.45) is 11.3 Å². The fraction of sp³-hybridized carbons (Fsp3) is 0.625. The minimum Gasteiger partial charge on any atom is -0.389 e. The van der Waals surface area contributed by atoms with Gasteiger partial charge in [0.05, 0.1) is 12.7 Å². The van der Waals surface area contributed by atoms with E-state index in [0.29, 0.717) is 12.0 Å². The average molecular weight is 278 g/mol. The van der Waals surface area contributed by atoms with Gasteiger partial charge in [-0.25, -0.2) is 0 Å². The van der Waals surface area contributed by atoms with Gasteiger partial charge in [-0.2, -0.15) is 0 Å². The van der Waals surface area contributed by atoms with Crippen LogP contribution >= 0.6 is 0 Å². The Hall–Kier alpha value is -0.940. The van der Waals surface area contributed by atoms with Gasteiger partial charge in [-0.05, 0) is 29.6 Å². The highest BCUT2D eigenvalue weighted by Crippen LogP contribution is 2.58. The van der Waals surface area contributed by atoms with E-state index >= 15 is 0 Å². The van der Waals surface area contributed by atoms with Crippen molar-refractivity contribution in [2.75, 3.05) is 13.7 Å². The van der Waals surface area contributed by atoms with E-state index < -0.39 is 17.5 Å². The van der Waals surface area contributed by atoms with Crippen molar-refractivity contribution >= 4 is 0 Å². The van der Waals surface area contributed by atoms with Gasteiger partial charge in [0.25, 0.3) is 0 Å². The number of aliphatic hydroxyl groups excluding tert-OH is 1. The van der Waals surface area contributed by atoms with Gasteiger partial charge in [-0.15, -0.1) is 0 Å². The van der Waals surface area contributed by atoms with Crippen molar-refractivity contribution in [3.05, 3.63) is 36.0 Å². The van der Waals surface area contributed by atoms with Gasteiger partial charge < -0.3 is 19.7 Å². The predicted octanol–water partition coefficient (Wildman–Crippen LogP) is 1.55. The molecule has 2 aliphatic carbocycles. The van der Waals surface area contributed by atoms with Crippen LogP contribution < -0.4 is 0 Å². The van der Waals surface area contributed by atoms with Crippen LogP contribution in [-0.4, -0.2) is 41.4 Å². The van der Waals surface area contributed by atoms with Gasteiger partial charge in [0, 0.05) is 12.5 Å². The second kappa shape index (κ2) is 4.04. The van der Waals surface area contributed by atoms with E-state index in [4.69, 9.17) is 9.47 Å². The van der Waals surface area contributed by atoms with E-state index in [-0.39, 0.29) is 17.9 Å². The first-order valence-corrected chi connectivity index (χ1v) is 6.98. The SMILES string of the molecule is C=C1CO[C@@]2(OC)C=C3C=C[C@H](O)[C@H](C)[C@@]3(C)C[C@@]12O. The lowest BCUT2D eigenvalue weighted by Gasteiger charge is -2.53. The number of hydrogen-bond acceptors (Lipinski definition) is 4. The van der Waals surface area contributed by atoms with Crippen LogP contribution in [0.15, 0.2) is 36.0 Å². The van der Waals surface area contributed by atoms with Crippen molar-refractivity contribution in [1.29, 1.82) is 0 Å². The molecule has 0 saturated carbocycles. The smallest absolute Gasteiger partial charge is 0.222 e. The number of fused-ring (bicyclic) bond motifs is 2. The number of ether oxygens (including phenoxy) is 2. The van der Waals surface area contributed by atoms with E-state index in [9.17, 15) is 10.2 Å². The van der Waals surface area contributed by atoms with Gasteiger partial charge in [0.15, 0.2) is 0 Å². The van der Waals surface area contributed by atoms with E-state index in [1.54, 1.807) is 6.08 Å². The summed E-state index contributed by atoms with van der Waals surface area (Å²) in [6.45, 7) is 8.31. The molecular weight excluding hydrogens is 256 g/mol. The molecule has 2 N–H and O–H groups in total. The Balaban J connectivity index is 2.19. The van der Waals surface area contributed by atoms with Gasteiger partial charge in [-0.1, -0.05) is 32.6 Å². The standard InChI is InChI=1S/C16H22O4/c1-10-8-20-16(19-4)7-12-5-6-13(17)11(2)14(12,3)9-15(10,16)18/h5-7,11,13,17-18H,1,8-9H2,2-4H3/t11-,13-,14+,15+,16-/m0/s1. The Morgan fingerprint density at radius 2 is 2.20 bits per heavy atom. The zero-order valence-electron chi connectivity index (χ0n) is 12.2. The Morgan fingerprint density at radius 1 is 1.50 bits per heavy atom. The van der Waals surface area contributed by atoms with Crippen LogP contribution in [-0.2, 0) is 9.47 Å². The predicted molar refractivity (Wildman–Crippen MR) is 74.9 cm³/mol. The van der Waals surface area contributed by atoms with E-state index in [1.807, 2.05) is 19.1 Å². The second-order valence-corrected chi connectivity index (χ2v) is 6.46. The normalized spacial score (nSPS) is 50.6. The molecule has 20 heavy (non-hydrogen) atoms. The zero-order chi connectivity index (χ0) is 14.8. The molecule has 1 heterocycles. The second-order valence-electron chi connectivity index (χ2n) is 6.46. The van der Waals surface area contributed by atoms with Gasteiger partial charge in [0.2, 0.25) is 5.79 Å². The van der Waals surface area contributed by atoms with E-state index in [0.717, 1.165) is 5.57 Å². The van der Waals surface area contributed by atoms with Crippen molar-refractivity contribution in [2.45, 2.75) is 37.8 Å². The average Bonchev–Trinajstić information content (AvgIpc) is 2.66. The summed E-state index contributed by atoms with van der Waals surface area (Å²) in [5.74, 6) is -1.16. The number of allylic oxidation sites excluding steroid dienone is 2. The molecular formula is C16H22O4. The molecule has 0 aromatic rings. The first kappa shape index (κ1) is 14.0. The fourth-order valence-corrected chi connectivity index (χ4v) is 3.79. The molecule has 110 valence electrons. The minimum absolute atomic E-state index is 0.00558. The van der Waals surface area contributed by atoms with E-state index in [1.165, 1.54) is 7.11 Å². The van der Waals surface area contributed by atoms with Gasteiger partial charge in [-0.3, -0.25) is 0 Å². The summed E-state index contributed by atoms with van der Waals surface area (Å²) in [6.07, 6.45) is 5.48. The molecule has 0 aromatic heterocycles. The van der Waals surface area contributed by atoms with Crippen LogP contribution in [0.2, 0.25) is 0 Å². The summed E-state index contributed by atoms with van der Waals surface area (Å²) >= 11 is 0. The quantitative estimate of drug-likeness (QED) is 0.715. The lowest BCUT2D eigenvalue weighted by atomic mass is 9.56. The maximum atomic E-state index is 11.1. The molecule has 5 atom stereocenters. The lowest BCUT2D eigenvalue weighted by Crippen LogP contribution is -2.59. The summed E-state index contributed by atoms with van der Waals surface area (Å²) in [6, 6.07) is 0. The molecule has 3 aliphatic rings. The molecule has 0 spiro atoms. The molecule has 4 heteroatoms. The van der Waals surface area contributed by atoms with Crippen LogP contribution in [0, 0.1) is 11.3 Å². The highest BCUT2D eigenvalue weighted by atomic mass is 16.7. The molecule has 0 bridgehead atoms. The largest absolute Gasteiger partial charge is 0.389 e. The Labute approximate surface area is 119 Å². The van der Waals surface area contributed by atoms with Crippen LogP contribution in [0.4, 0.5) is 0 Å². The third-order valence-electron chi connectivity index (χ3n) is 5.54. The number of hydrogen-bond donors (Lipinski definition) is 2. The molecule has 3 rings (SSSR count). The maximum Gasteiger partial charge on any atom is 0.222 e. The van der Waals surface area contributed by atoms with Crippen LogP contribution in [0.5, 0.6) is 0 Å². The van der Waals surface area contributed by atoms with Crippen molar-refractivity contribution in [1.82, 2.24) is 0 Å². The number of rotatable bonds is 1. The monoisotopic (exact) mass is 278 g/mol. The van der Waals surface area contributed by atoms with Crippen molar-refractivity contribution in [3.63, 3.8) is 0 Å². The lowest BCUT2D eigenvalue weighted by molar-refractivity contribution is -0.249. The molecule has 0 aromatic carbocycles. The zero-order valence-corrected chi connectivity index (χ0v) is 12.2. The third-order valence-corrected chi connectivity index (χ3v) is 5.54. The summed E-state index contributed by atoms with van der Waals surface area (Å²) in [5.41, 5.74) is 0.0874. The van der Waals surface area contributed by atoms with Crippen molar-refractivity contribution < 1.29 is 19.7 Å². The Kier molecular flexibility index (Phi) is 2.83. The molecule has 1 fully saturated rings. The van der Waals surface area contributed by atoms with Crippen molar-refractivity contribution in [3.8, 4) is 0 Å². The highest BCUT2D eigenvalue weighted by Gasteiger charge is 2.64. The Bertz CT molecular complexity index is 523. The topological polar surface area (TPSA) is 58.9 Å². The molecule has 0 radical (unpaired) electrons. The molecule has 1 aliphatic heterocycles. The third kappa shape index (κ3) is 1.45. The first-order valence-electron chi connectivity index (χ1n) is 6.98. The summed E-state index contributed by atoms with van der Waals surface area (Å²) in [5, 5.41) is 21.3. The van der Waals surface area contributed by atoms with Crippen LogP contribution in [0.1, 0.15) is 20.3 Å². The summed E-state index contributed by atoms with van der Waals surface area (Å²) in [7, 11) is 1.54.